The highest BCUT2D eigenvalue weighted by atomic mass is 16.5. The minimum Gasteiger partial charge on any atom is -0.495 e. The van der Waals surface area contributed by atoms with Crippen LogP contribution in [0.4, 0.5) is 5.69 Å². The molecule has 0 aliphatic carbocycles. The lowest BCUT2D eigenvalue weighted by Crippen LogP contribution is -2.18. The van der Waals surface area contributed by atoms with Crippen LogP contribution in [0.15, 0.2) is 24.3 Å². The average Bonchev–Trinajstić information content (AvgIpc) is 2.18. The highest BCUT2D eigenvalue weighted by molar-refractivity contribution is 5.57. The van der Waals surface area contributed by atoms with Crippen molar-refractivity contribution in [3.8, 4) is 5.75 Å². The van der Waals surface area contributed by atoms with Gasteiger partial charge in [-0.1, -0.05) is 19.1 Å². The Kier molecular flexibility index (Phi) is 3.62. The molecular formula is C11H17NO. The third-order valence-electron chi connectivity index (χ3n) is 2.06. The molecule has 0 N–H and O–H groups in total. The van der Waals surface area contributed by atoms with Crippen molar-refractivity contribution in [2.75, 3.05) is 25.6 Å². The number of nitrogens with zero attached hydrogens (tertiary/aromatic N) is 1. The summed E-state index contributed by atoms with van der Waals surface area (Å²) < 4.78 is 5.27. The zero-order chi connectivity index (χ0) is 9.68. The molecular weight excluding hydrogens is 162 g/mol. The maximum atomic E-state index is 5.27. The molecule has 0 saturated heterocycles. The number of ether oxygens (including phenoxy) is 1. The van der Waals surface area contributed by atoms with Crippen LogP contribution in [-0.2, 0) is 0 Å². The van der Waals surface area contributed by atoms with Crippen LogP contribution in [0, 0.1) is 0 Å². The molecule has 0 bridgehead atoms. The molecule has 0 amide bonds. The van der Waals surface area contributed by atoms with Gasteiger partial charge in [-0.25, -0.2) is 0 Å². The molecule has 0 unspecified atom stereocenters. The number of para-hydroxylation sites is 2. The van der Waals surface area contributed by atoms with Crippen LogP contribution in [0.3, 0.4) is 0 Å². The van der Waals surface area contributed by atoms with Gasteiger partial charge in [-0.05, 0) is 18.6 Å². The van der Waals surface area contributed by atoms with Gasteiger partial charge in [0.2, 0.25) is 0 Å². The first kappa shape index (κ1) is 9.90. The lowest BCUT2D eigenvalue weighted by atomic mass is 10.2. The van der Waals surface area contributed by atoms with Gasteiger partial charge in [0.1, 0.15) is 5.75 Å². The Morgan fingerprint density at radius 2 is 2.00 bits per heavy atom. The SMILES string of the molecule is CCCN(C)c1ccccc1OC. The number of hydrogen-bond acceptors (Lipinski definition) is 2. The molecule has 0 heterocycles. The number of hydrogen-bond donors (Lipinski definition) is 0. The molecule has 72 valence electrons. The molecule has 1 rings (SSSR count). The highest BCUT2D eigenvalue weighted by Crippen LogP contribution is 2.26. The molecule has 13 heavy (non-hydrogen) atoms. The van der Waals surface area contributed by atoms with E-state index >= 15 is 0 Å². The number of methoxy groups -OCH3 is 1. The van der Waals surface area contributed by atoms with Crippen LogP contribution in [0.5, 0.6) is 5.75 Å². The number of anilines is 1. The summed E-state index contributed by atoms with van der Waals surface area (Å²) in [6.07, 6.45) is 1.15. The molecule has 0 radical (unpaired) electrons. The van der Waals surface area contributed by atoms with Gasteiger partial charge in [0.05, 0.1) is 12.8 Å². The van der Waals surface area contributed by atoms with E-state index in [9.17, 15) is 0 Å². The van der Waals surface area contributed by atoms with Gasteiger partial charge < -0.3 is 9.64 Å². The Labute approximate surface area is 80.1 Å². The molecule has 1 aromatic carbocycles. The fourth-order valence-corrected chi connectivity index (χ4v) is 1.40. The van der Waals surface area contributed by atoms with E-state index in [-0.39, 0.29) is 0 Å². The Balaban J connectivity index is 2.85. The summed E-state index contributed by atoms with van der Waals surface area (Å²) in [6, 6.07) is 8.09. The van der Waals surface area contributed by atoms with Crippen molar-refractivity contribution < 1.29 is 4.74 Å². The van der Waals surface area contributed by atoms with Crippen LogP contribution in [0.1, 0.15) is 13.3 Å². The molecule has 0 aliphatic heterocycles. The average molecular weight is 179 g/mol. The van der Waals surface area contributed by atoms with E-state index in [0.29, 0.717) is 0 Å². The molecule has 0 atom stereocenters. The largest absolute Gasteiger partial charge is 0.495 e. The van der Waals surface area contributed by atoms with Crippen molar-refractivity contribution in [3.05, 3.63) is 24.3 Å². The topological polar surface area (TPSA) is 12.5 Å². The lowest BCUT2D eigenvalue weighted by Gasteiger charge is -2.20. The van der Waals surface area contributed by atoms with Crippen LogP contribution in [0.2, 0.25) is 0 Å². The Hall–Kier alpha value is -1.18. The summed E-state index contributed by atoms with van der Waals surface area (Å²) in [5.41, 5.74) is 1.16. The van der Waals surface area contributed by atoms with E-state index in [1.165, 1.54) is 0 Å². The minimum atomic E-state index is 0.943. The Morgan fingerprint density at radius 3 is 2.62 bits per heavy atom. The van der Waals surface area contributed by atoms with Crippen molar-refractivity contribution in [1.82, 2.24) is 0 Å². The molecule has 0 aliphatic rings. The first-order valence-electron chi connectivity index (χ1n) is 4.63. The number of rotatable bonds is 4. The summed E-state index contributed by atoms with van der Waals surface area (Å²) in [7, 11) is 3.79. The lowest BCUT2D eigenvalue weighted by molar-refractivity contribution is 0.415. The van der Waals surface area contributed by atoms with Gasteiger partial charge in [-0.2, -0.15) is 0 Å². The fourth-order valence-electron chi connectivity index (χ4n) is 1.40. The molecule has 2 heteroatoms. The molecule has 1 aromatic rings. The predicted octanol–water partition coefficient (Wildman–Crippen LogP) is 2.54. The first-order valence-corrected chi connectivity index (χ1v) is 4.63. The van der Waals surface area contributed by atoms with E-state index in [0.717, 1.165) is 24.4 Å². The van der Waals surface area contributed by atoms with Gasteiger partial charge in [0.15, 0.2) is 0 Å². The van der Waals surface area contributed by atoms with E-state index in [2.05, 4.69) is 24.9 Å². The van der Waals surface area contributed by atoms with Crippen LogP contribution in [0.25, 0.3) is 0 Å². The first-order chi connectivity index (χ1) is 6.29. The normalized spacial score (nSPS) is 9.77. The van der Waals surface area contributed by atoms with Crippen molar-refractivity contribution in [3.63, 3.8) is 0 Å². The van der Waals surface area contributed by atoms with Gasteiger partial charge in [-0.3, -0.25) is 0 Å². The van der Waals surface area contributed by atoms with Gasteiger partial charge in [0, 0.05) is 13.6 Å². The quantitative estimate of drug-likeness (QED) is 0.704. The molecule has 0 fully saturated rings. The second-order valence-corrected chi connectivity index (χ2v) is 3.09. The van der Waals surface area contributed by atoms with Gasteiger partial charge in [0.25, 0.3) is 0 Å². The van der Waals surface area contributed by atoms with Crippen molar-refractivity contribution >= 4 is 5.69 Å². The van der Waals surface area contributed by atoms with E-state index in [1.807, 2.05) is 18.2 Å². The molecule has 0 spiro atoms. The second-order valence-electron chi connectivity index (χ2n) is 3.09. The third-order valence-corrected chi connectivity index (χ3v) is 2.06. The Morgan fingerprint density at radius 1 is 1.31 bits per heavy atom. The van der Waals surface area contributed by atoms with E-state index in [1.54, 1.807) is 7.11 Å². The van der Waals surface area contributed by atoms with Crippen LogP contribution >= 0.6 is 0 Å². The molecule has 0 saturated carbocycles. The highest BCUT2D eigenvalue weighted by Gasteiger charge is 2.04. The maximum Gasteiger partial charge on any atom is 0.142 e. The van der Waals surface area contributed by atoms with Crippen molar-refractivity contribution in [1.29, 1.82) is 0 Å². The smallest absolute Gasteiger partial charge is 0.142 e. The summed E-state index contributed by atoms with van der Waals surface area (Å²) in [4.78, 5) is 2.21. The zero-order valence-electron chi connectivity index (χ0n) is 8.58. The molecule has 2 nitrogen and oxygen atoms in total. The monoisotopic (exact) mass is 179 g/mol. The third kappa shape index (κ3) is 2.38. The minimum absolute atomic E-state index is 0.943. The van der Waals surface area contributed by atoms with E-state index in [4.69, 9.17) is 4.74 Å². The summed E-state index contributed by atoms with van der Waals surface area (Å²) in [5, 5.41) is 0. The number of benzene rings is 1. The van der Waals surface area contributed by atoms with Crippen molar-refractivity contribution in [2.24, 2.45) is 0 Å². The maximum absolute atomic E-state index is 5.27. The van der Waals surface area contributed by atoms with Gasteiger partial charge >= 0.3 is 0 Å². The standard InChI is InChI=1S/C11H17NO/c1-4-9-12(2)10-7-5-6-8-11(10)13-3/h5-8H,4,9H2,1-3H3. The summed E-state index contributed by atoms with van der Waals surface area (Å²) in [6.45, 7) is 3.23. The van der Waals surface area contributed by atoms with Crippen molar-refractivity contribution in [2.45, 2.75) is 13.3 Å². The second kappa shape index (κ2) is 4.75. The summed E-state index contributed by atoms with van der Waals surface area (Å²) in [5.74, 6) is 0.943. The van der Waals surface area contributed by atoms with Crippen LogP contribution in [-0.4, -0.2) is 20.7 Å². The predicted molar refractivity (Wildman–Crippen MR) is 56.6 cm³/mol. The Bertz CT molecular complexity index is 260. The molecule has 0 aromatic heterocycles. The fraction of sp³-hybridized carbons (Fsp3) is 0.455. The van der Waals surface area contributed by atoms with Crippen LogP contribution < -0.4 is 9.64 Å². The van der Waals surface area contributed by atoms with Gasteiger partial charge in [-0.15, -0.1) is 0 Å². The summed E-state index contributed by atoms with van der Waals surface area (Å²) >= 11 is 0. The van der Waals surface area contributed by atoms with E-state index < -0.39 is 0 Å². The zero-order valence-corrected chi connectivity index (χ0v) is 8.58.